The van der Waals surface area contributed by atoms with E-state index >= 15 is 0 Å². The molecule has 0 aromatic carbocycles. The van der Waals surface area contributed by atoms with Crippen LogP contribution in [0.25, 0.3) is 0 Å². The third-order valence-corrected chi connectivity index (χ3v) is 4.25. The van der Waals surface area contributed by atoms with Crippen LogP contribution >= 0.6 is 0 Å². The number of aromatic amines is 1. The molecule has 1 atom stereocenters. The van der Waals surface area contributed by atoms with Crippen molar-refractivity contribution < 1.29 is 9.72 Å². The van der Waals surface area contributed by atoms with Gasteiger partial charge in [-0.25, -0.2) is 4.98 Å². The van der Waals surface area contributed by atoms with E-state index in [0.29, 0.717) is 19.1 Å². The summed E-state index contributed by atoms with van der Waals surface area (Å²) in [4.78, 5) is 29.2. The van der Waals surface area contributed by atoms with Crippen LogP contribution in [0.1, 0.15) is 16.9 Å². The van der Waals surface area contributed by atoms with Crippen LogP contribution in [0.4, 0.5) is 5.82 Å². The van der Waals surface area contributed by atoms with Gasteiger partial charge in [0, 0.05) is 44.8 Å². The Morgan fingerprint density at radius 2 is 2.05 bits per heavy atom. The molecule has 0 aliphatic carbocycles. The third-order valence-electron chi connectivity index (χ3n) is 4.25. The summed E-state index contributed by atoms with van der Waals surface area (Å²) in [5.74, 6) is -0.304. The molecule has 1 unspecified atom stereocenters. The fraction of sp³-hybridized carbons (Fsp3) is 0.615. The van der Waals surface area contributed by atoms with Crippen LogP contribution in [0.5, 0.6) is 0 Å². The van der Waals surface area contributed by atoms with Crippen molar-refractivity contribution in [3.63, 3.8) is 0 Å². The molecule has 8 nitrogen and oxygen atoms in total. The van der Waals surface area contributed by atoms with Gasteiger partial charge in [0.15, 0.2) is 5.69 Å². The van der Waals surface area contributed by atoms with E-state index in [1.807, 2.05) is 0 Å². The fourth-order valence-corrected chi connectivity index (χ4v) is 3.03. The van der Waals surface area contributed by atoms with Gasteiger partial charge in [-0.1, -0.05) is 0 Å². The lowest BCUT2D eigenvalue weighted by Crippen LogP contribution is -2.52. The molecule has 0 spiro atoms. The highest BCUT2D eigenvalue weighted by Gasteiger charge is 2.29. The van der Waals surface area contributed by atoms with Gasteiger partial charge in [0.1, 0.15) is 0 Å². The van der Waals surface area contributed by atoms with Gasteiger partial charge >= 0.3 is 5.82 Å². The lowest BCUT2D eigenvalue weighted by atomic mass is 10.2. The zero-order valence-electron chi connectivity index (χ0n) is 11.7. The molecule has 0 radical (unpaired) electrons. The molecule has 3 rings (SSSR count). The smallest absolute Gasteiger partial charge is 0.321 e. The molecule has 1 aromatic rings. The predicted octanol–water partition coefficient (Wildman–Crippen LogP) is 0.0426. The van der Waals surface area contributed by atoms with E-state index in [2.05, 4.69) is 15.2 Å². The van der Waals surface area contributed by atoms with E-state index in [0.717, 1.165) is 32.6 Å². The Labute approximate surface area is 122 Å². The number of hydrogen-bond donors (Lipinski definition) is 2. The summed E-state index contributed by atoms with van der Waals surface area (Å²) in [5.41, 5.74) is 0.290. The monoisotopic (exact) mass is 293 g/mol. The van der Waals surface area contributed by atoms with E-state index in [9.17, 15) is 14.9 Å². The Bertz CT molecular complexity index is 530. The second-order valence-corrected chi connectivity index (χ2v) is 5.49. The Morgan fingerprint density at radius 1 is 1.29 bits per heavy atom. The highest BCUT2D eigenvalue weighted by molar-refractivity contribution is 5.93. The van der Waals surface area contributed by atoms with Crippen molar-refractivity contribution in [3.8, 4) is 0 Å². The van der Waals surface area contributed by atoms with Gasteiger partial charge in [0.2, 0.25) is 0 Å². The van der Waals surface area contributed by atoms with Gasteiger partial charge in [0.05, 0.1) is 0 Å². The Balaban J connectivity index is 1.58. The lowest BCUT2D eigenvalue weighted by Gasteiger charge is -2.37. The number of carbonyl (C=O) groups excluding carboxylic acids is 1. The molecular weight excluding hydrogens is 274 g/mol. The first-order valence-corrected chi connectivity index (χ1v) is 7.22. The van der Waals surface area contributed by atoms with Gasteiger partial charge in [-0.2, -0.15) is 0 Å². The lowest BCUT2D eigenvalue weighted by molar-refractivity contribution is -0.389. The Morgan fingerprint density at radius 3 is 2.62 bits per heavy atom. The molecular formula is C13H19N5O3. The molecule has 1 aromatic heterocycles. The van der Waals surface area contributed by atoms with Gasteiger partial charge in [-0.05, 0) is 24.0 Å². The van der Waals surface area contributed by atoms with Gasteiger partial charge in [-0.3, -0.25) is 9.69 Å². The van der Waals surface area contributed by atoms with E-state index in [4.69, 9.17) is 0 Å². The van der Waals surface area contributed by atoms with E-state index in [1.165, 1.54) is 12.1 Å². The zero-order valence-corrected chi connectivity index (χ0v) is 11.7. The molecule has 8 heteroatoms. The second-order valence-electron chi connectivity index (χ2n) is 5.49. The van der Waals surface area contributed by atoms with Crippen LogP contribution in [0.2, 0.25) is 0 Å². The fourth-order valence-electron chi connectivity index (χ4n) is 3.03. The number of nitrogens with one attached hydrogen (secondary N) is 2. The number of piperazine rings is 1. The van der Waals surface area contributed by atoms with Crippen molar-refractivity contribution in [1.82, 2.24) is 20.1 Å². The van der Waals surface area contributed by atoms with Crippen molar-refractivity contribution in [2.75, 3.05) is 39.3 Å². The zero-order chi connectivity index (χ0) is 14.8. The van der Waals surface area contributed by atoms with Crippen LogP contribution in [-0.4, -0.2) is 70.9 Å². The Hall–Kier alpha value is -1.93. The summed E-state index contributed by atoms with van der Waals surface area (Å²) < 4.78 is 0. The molecule has 2 saturated heterocycles. The van der Waals surface area contributed by atoms with Crippen LogP contribution in [-0.2, 0) is 0 Å². The minimum absolute atomic E-state index is 0.144. The number of rotatable bonds is 3. The quantitative estimate of drug-likeness (QED) is 0.606. The Kier molecular flexibility index (Phi) is 3.89. The van der Waals surface area contributed by atoms with Crippen LogP contribution < -0.4 is 5.32 Å². The van der Waals surface area contributed by atoms with Gasteiger partial charge in [0.25, 0.3) is 5.91 Å². The summed E-state index contributed by atoms with van der Waals surface area (Å²) in [7, 11) is 0. The average Bonchev–Trinajstić information content (AvgIpc) is 3.18. The molecule has 2 aliphatic heterocycles. The molecule has 21 heavy (non-hydrogen) atoms. The second kappa shape index (κ2) is 5.82. The summed E-state index contributed by atoms with van der Waals surface area (Å²) in [6.07, 6.45) is 1.16. The van der Waals surface area contributed by atoms with Crippen molar-refractivity contribution in [3.05, 3.63) is 27.9 Å². The highest BCUT2D eigenvalue weighted by Crippen LogP contribution is 2.15. The first-order valence-electron chi connectivity index (χ1n) is 7.22. The molecule has 114 valence electrons. The van der Waals surface area contributed by atoms with Gasteiger partial charge in [-0.15, -0.1) is 0 Å². The molecule has 0 bridgehead atoms. The largest absolute Gasteiger partial charge is 0.358 e. The topological polar surface area (TPSA) is 94.5 Å². The maximum Gasteiger partial charge on any atom is 0.321 e. The summed E-state index contributed by atoms with van der Waals surface area (Å²) in [6, 6.07) is 3.38. The SMILES string of the molecule is O=C(c1ccc([N+](=O)[O-])[nH]1)N1CCN(C2CCNC2)CC1. The van der Waals surface area contributed by atoms with Gasteiger partial charge < -0.3 is 20.3 Å². The van der Waals surface area contributed by atoms with Crippen molar-refractivity contribution in [2.24, 2.45) is 0 Å². The van der Waals surface area contributed by atoms with Crippen molar-refractivity contribution >= 4 is 11.7 Å². The minimum Gasteiger partial charge on any atom is -0.358 e. The maximum absolute atomic E-state index is 12.3. The molecule has 1 amide bonds. The van der Waals surface area contributed by atoms with Crippen molar-refractivity contribution in [1.29, 1.82) is 0 Å². The molecule has 2 fully saturated rings. The average molecular weight is 293 g/mol. The number of nitro groups is 1. The normalized spacial score (nSPS) is 23.4. The number of nitrogens with zero attached hydrogens (tertiary/aromatic N) is 3. The first kappa shape index (κ1) is 14.0. The summed E-state index contributed by atoms with van der Waals surface area (Å²) in [5, 5.41) is 14.0. The number of amides is 1. The molecule has 2 N–H and O–H groups in total. The number of hydrogen-bond acceptors (Lipinski definition) is 5. The number of aromatic nitrogens is 1. The number of H-pyrrole nitrogens is 1. The molecule has 0 saturated carbocycles. The standard InChI is InChI=1S/C13H19N5O3/c19-13(11-1-2-12(15-11)18(20)21)17-7-5-16(6-8-17)10-3-4-14-9-10/h1-2,10,14-15H,3-9H2. The van der Waals surface area contributed by atoms with Crippen LogP contribution in [0, 0.1) is 10.1 Å². The number of carbonyl (C=O) groups is 1. The summed E-state index contributed by atoms with van der Waals surface area (Å²) in [6.45, 7) is 5.15. The maximum atomic E-state index is 12.3. The summed E-state index contributed by atoms with van der Waals surface area (Å²) >= 11 is 0. The van der Waals surface area contributed by atoms with Crippen LogP contribution in [0.3, 0.4) is 0 Å². The molecule has 2 aliphatic rings. The minimum atomic E-state index is -0.526. The van der Waals surface area contributed by atoms with E-state index in [1.54, 1.807) is 4.90 Å². The highest BCUT2D eigenvalue weighted by atomic mass is 16.6. The first-order chi connectivity index (χ1) is 10.1. The predicted molar refractivity (Wildman–Crippen MR) is 76.2 cm³/mol. The van der Waals surface area contributed by atoms with Crippen LogP contribution in [0.15, 0.2) is 12.1 Å². The molecule has 3 heterocycles. The van der Waals surface area contributed by atoms with E-state index in [-0.39, 0.29) is 17.4 Å². The van der Waals surface area contributed by atoms with E-state index < -0.39 is 4.92 Å². The third kappa shape index (κ3) is 2.91. The van der Waals surface area contributed by atoms with Crippen molar-refractivity contribution in [2.45, 2.75) is 12.5 Å².